The van der Waals surface area contributed by atoms with E-state index < -0.39 is 18.2 Å². The lowest BCUT2D eigenvalue weighted by atomic mass is 9.90. The molecular weight excluding hydrogens is 295 g/mol. The van der Waals surface area contributed by atoms with Crippen molar-refractivity contribution >= 4 is 5.90 Å². The summed E-state index contributed by atoms with van der Waals surface area (Å²) in [6, 6.07) is 8.39. The zero-order valence-corrected chi connectivity index (χ0v) is 12.0. The Kier molecular flexibility index (Phi) is 4.10. The number of nitrogens with two attached hydrogens (primary N) is 1. The first-order valence-corrected chi connectivity index (χ1v) is 7.38. The van der Waals surface area contributed by atoms with Gasteiger partial charge < -0.3 is 10.6 Å². The van der Waals surface area contributed by atoms with Gasteiger partial charge in [-0.1, -0.05) is 43.2 Å². The molecule has 3 atom stereocenters. The van der Waals surface area contributed by atoms with Crippen LogP contribution in [-0.4, -0.2) is 29.2 Å². The van der Waals surface area contributed by atoms with Crippen molar-refractivity contribution in [3.8, 4) is 0 Å². The highest BCUT2D eigenvalue weighted by Gasteiger charge is 2.48. The Labute approximate surface area is 126 Å². The van der Waals surface area contributed by atoms with Crippen molar-refractivity contribution < 1.29 is 18.0 Å². The third-order valence-electron chi connectivity index (χ3n) is 4.12. The maximum absolute atomic E-state index is 13.0. The predicted octanol–water partition coefficient (Wildman–Crippen LogP) is 3.16. The van der Waals surface area contributed by atoms with E-state index in [4.69, 9.17) is 10.6 Å². The Morgan fingerprint density at radius 1 is 1.14 bits per heavy atom. The number of nitrogens with zero attached hydrogens (tertiary/aromatic N) is 2. The van der Waals surface area contributed by atoms with Crippen molar-refractivity contribution in [1.82, 2.24) is 5.06 Å². The van der Waals surface area contributed by atoms with E-state index in [2.05, 4.69) is 4.99 Å². The molecule has 1 aliphatic heterocycles. The van der Waals surface area contributed by atoms with Gasteiger partial charge in [0.1, 0.15) is 0 Å². The Bertz CT molecular complexity index is 547. The van der Waals surface area contributed by atoms with E-state index in [0.717, 1.165) is 19.3 Å². The second kappa shape index (κ2) is 5.89. The Morgan fingerprint density at radius 3 is 2.45 bits per heavy atom. The van der Waals surface area contributed by atoms with Crippen LogP contribution in [0, 0.1) is 0 Å². The number of aliphatic imine (C=N–C) groups is 1. The van der Waals surface area contributed by atoms with Gasteiger partial charge in [-0.2, -0.15) is 13.2 Å². The fourth-order valence-corrected chi connectivity index (χ4v) is 3.02. The van der Waals surface area contributed by atoms with Gasteiger partial charge in [0.2, 0.25) is 0 Å². The fourth-order valence-electron chi connectivity index (χ4n) is 3.02. The Balaban J connectivity index is 1.91. The minimum Gasteiger partial charge on any atom is -0.378 e. The molecule has 3 unspecified atom stereocenters. The lowest BCUT2D eigenvalue weighted by Crippen LogP contribution is -2.49. The minimum absolute atomic E-state index is 0.206. The van der Waals surface area contributed by atoms with E-state index in [-0.39, 0.29) is 12.1 Å². The number of hydrogen-bond acceptors (Lipinski definition) is 4. The number of hydroxylamine groups is 2. The first-order chi connectivity index (χ1) is 10.5. The van der Waals surface area contributed by atoms with Crippen LogP contribution in [0.4, 0.5) is 13.2 Å². The summed E-state index contributed by atoms with van der Waals surface area (Å²) in [6.07, 6.45) is -1.97. The molecule has 1 aromatic carbocycles. The van der Waals surface area contributed by atoms with Gasteiger partial charge in [-0.15, -0.1) is 5.06 Å². The van der Waals surface area contributed by atoms with Crippen LogP contribution in [0.1, 0.15) is 37.4 Å². The molecule has 7 heteroatoms. The maximum atomic E-state index is 13.0. The summed E-state index contributed by atoms with van der Waals surface area (Å²) in [6.45, 7) is 0. The van der Waals surface area contributed by atoms with Gasteiger partial charge in [-0.25, -0.2) is 4.99 Å². The molecule has 0 spiro atoms. The quantitative estimate of drug-likeness (QED) is 0.912. The zero-order valence-electron chi connectivity index (χ0n) is 12.0. The van der Waals surface area contributed by atoms with Gasteiger partial charge in [0, 0.05) is 6.04 Å². The van der Waals surface area contributed by atoms with E-state index in [1.54, 1.807) is 24.3 Å². The summed E-state index contributed by atoms with van der Waals surface area (Å²) in [7, 11) is 0. The number of rotatable bonds is 2. The van der Waals surface area contributed by atoms with E-state index in [1.807, 2.05) is 6.07 Å². The first kappa shape index (κ1) is 15.3. The molecule has 2 N–H and O–H groups in total. The standard InChI is InChI=1S/C15H18F3N3O/c16-15(17,18)14-20-13(10-6-2-1-3-7-10)21(22-14)12-9-5-4-8-11(12)19/h1-3,6-7,11-13H,4-5,8-9,19H2. The summed E-state index contributed by atoms with van der Waals surface area (Å²) in [5.74, 6) is -1.20. The molecule has 1 fully saturated rings. The van der Waals surface area contributed by atoms with Crippen LogP contribution in [0.15, 0.2) is 35.3 Å². The van der Waals surface area contributed by atoms with Crippen LogP contribution in [0.25, 0.3) is 0 Å². The van der Waals surface area contributed by atoms with E-state index in [0.29, 0.717) is 12.0 Å². The number of halogens is 3. The molecule has 22 heavy (non-hydrogen) atoms. The van der Waals surface area contributed by atoms with Crippen molar-refractivity contribution in [1.29, 1.82) is 0 Å². The van der Waals surface area contributed by atoms with Gasteiger partial charge in [-0.05, 0) is 18.4 Å². The average molecular weight is 313 g/mol. The zero-order chi connectivity index (χ0) is 15.7. The van der Waals surface area contributed by atoms with Crippen molar-refractivity contribution in [3.63, 3.8) is 0 Å². The molecule has 120 valence electrons. The second-order valence-electron chi connectivity index (χ2n) is 5.68. The van der Waals surface area contributed by atoms with Crippen molar-refractivity contribution in [2.24, 2.45) is 10.7 Å². The van der Waals surface area contributed by atoms with E-state index >= 15 is 0 Å². The molecule has 0 saturated heterocycles. The third-order valence-corrected chi connectivity index (χ3v) is 4.12. The third kappa shape index (κ3) is 2.96. The SMILES string of the molecule is NC1CCCCC1N1OC(C(F)(F)F)=NC1c1ccccc1. The largest absolute Gasteiger partial charge is 0.470 e. The molecule has 0 radical (unpaired) electrons. The van der Waals surface area contributed by atoms with Gasteiger partial charge >= 0.3 is 12.1 Å². The number of hydrogen-bond donors (Lipinski definition) is 1. The lowest BCUT2D eigenvalue weighted by Gasteiger charge is -2.36. The van der Waals surface area contributed by atoms with Gasteiger partial charge in [0.15, 0.2) is 6.17 Å². The van der Waals surface area contributed by atoms with E-state index in [1.165, 1.54) is 5.06 Å². The van der Waals surface area contributed by atoms with Crippen LogP contribution in [0.5, 0.6) is 0 Å². The molecule has 3 rings (SSSR count). The molecule has 1 heterocycles. The highest BCUT2D eigenvalue weighted by Crippen LogP contribution is 2.37. The normalized spacial score (nSPS) is 30.0. The minimum atomic E-state index is -4.60. The topological polar surface area (TPSA) is 50.8 Å². The number of alkyl halides is 3. The van der Waals surface area contributed by atoms with Crippen molar-refractivity contribution in [3.05, 3.63) is 35.9 Å². The molecule has 1 aliphatic carbocycles. The van der Waals surface area contributed by atoms with E-state index in [9.17, 15) is 13.2 Å². The van der Waals surface area contributed by atoms with Crippen LogP contribution in [0.2, 0.25) is 0 Å². The Morgan fingerprint density at radius 2 is 1.82 bits per heavy atom. The molecular formula is C15H18F3N3O. The summed E-state index contributed by atoms with van der Waals surface area (Å²) >= 11 is 0. The lowest BCUT2D eigenvalue weighted by molar-refractivity contribution is -0.163. The monoisotopic (exact) mass is 313 g/mol. The van der Waals surface area contributed by atoms with Crippen molar-refractivity contribution in [2.75, 3.05) is 0 Å². The average Bonchev–Trinajstić information content (AvgIpc) is 2.94. The highest BCUT2D eigenvalue weighted by atomic mass is 19.4. The molecule has 1 aromatic rings. The molecule has 0 amide bonds. The first-order valence-electron chi connectivity index (χ1n) is 7.38. The van der Waals surface area contributed by atoms with Crippen molar-refractivity contribution in [2.45, 2.75) is 50.1 Å². The molecule has 2 aliphatic rings. The summed E-state index contributed by atoms with van der Waals surface area (Å²) < 4.78 is 38.9. The van der Waals surface area contributed by atoms with Crippen LogP contribution < -0.4 is 5.73 Å². The maximum Gasteiger partial charge on any atom is 0.470 e. The molecule has 4 nitrogen and oxygen atoms in total. The van der Waals surface area contributed by atoms with Gasteiger partial charge in [0.05, 0.1) is 6.04 Å². The fraction of sp³-hybridized carbons (Fsp3) is 0.533. The molecule has 0 bridgehead atoms. The summed E-state index contributed by atoms with van der Waals surface area (Å²) in [4.78, 5) is 8.84. The Hall–Kier alpha value is -1.60. The highest BCUT2D eigenvalue weighted by molar-refractivity contribution is 5.82. The number of benzene rings is 1. The van der Waals surface area contributed by atoms with Crippen LogP contribution >= 0.6 is 0 Å². The van der Waals surface area contributed by atoms with Gasteiger partial charge in [-0.3, -0.25) is 0 Å². The van der Waals surface area contributed by atoms with Crippen LogP contribution in [-0.2, 0) is 4.84 Å². The molecule has 1 saturated carbocycles. The smallest absolute Gasteiger partial charge is 0.378 e. The molecule has 0 aromatic heterocycles. The van der Waals surface area contributed by atoms with Gasteiger partial charge in [0.25, 0.3) is 0 Å². The predicted molar refractivity (Wildman–Crippen MR) is 75.8 cm³/mol. The second-order valence-corrected chi connectivity index (χ2v) is 5.68. The summed E-state index contributed by atoms with van der Waals surface area (Å²) in [5.41, 5.74) is 6.77. The van der Waals surface area contributed by atoms with Crippen LogP contribution in [0.3, 0.4) is 0 Å². The summed E-state index contributed by atoms with van der Waals surface area (Å²) in [5, 5.41) is 1.34.